The monoisotopic (exact) mass is 140 g/mol. The number of hydrogen-bond donors (Lipinski definition) is 1. The van der Waals surface area contributed by atoms with Crippen LogP contribution in [0.2, 0.25) is 0 Å². The maximum atomic E-state index is 10.7. The second-order valence-electron chi connectivity index (χ2n) is 1.74. The van der Waals surface area contributed by atoms with Gasteiger partial charge in [-0.25, -0.2) is 4.98 Å². The summed E-state index contributed by atoms with van der Waals surface area (Å²) in [6, 6.07) is 0.256. The lowest BCUT2D eigenvalue weighted by Crippen LogP contribution is -2.09. The number of rotatable bonds is 2. The van der Waals surface area contributed by atoms with Crippen LogP contribution in [0.1, 0.15) is 13.3 Å². The van der Waals surface area contributed by atoms with Gasteiger partial charge in [0.15, 0.2) is 0 Å². The Morgan fingerprint density at radius 1 is 1.90 bits per heavy atom. The van der Waals surface area contributed by atoms with E-state index in [0.29, 0.717) is 6.42 Å². The Kier molecular flexibility index (Phi) is 2.04. The van der Waals surface area contributed by atoms with Gasteiger partial charge in [-0.05, 0) is 0 Å². The zero-order chi connectivity index (χ0) is 7.40. The average Bonchev–Trinajstić information content (AvgIpc) is 2.40. The van der Waals surface area contributed by atoms with Crippen LogP contribution in [-0.4, -0.2) is 10.9 Å². The summed E-state index contributed by atoms with van der Waals surface area (Å²) in [7, 11) is 0. The third-order valence-corrected chi connectivity index (χ3v) is 1.000. The molecule has 0 bridgehead atoms. The Labute approximate surface area is 58.3 Å². The summed E-state index contributed by atoms with van der Waals surface area (Å²) in [6.45, 7) is 1.76. The van der Waals surface area contributed by atoms with Crippen molar-refractivity contribution in [2.75, 3.05) is 5.32 Å². The molecule has 0 aliphatic carbocycles. The third kappa shape index (κ3) is 1.58. The number of aromatic nitrogens is 1. The number of hydrogen-bond acceptors (Lipinski definition) is 3. The number of carbonyl (C=O) groups is 1. The van der Waals surface area contributed by atoms with E-state index in [0.717, 1.165) is 0 Å². The standard InChI is InChI=1S/C6H8N2O2/c1-2-5(9)8-6-7-3-4-10-6/h3-4H,2H2,1H3,(H,7,8,9). The fourth-order valence-electron chi connectivity index (χ4n) is 0.493. The smallest absolute Gasteiger partial charge is 0.301 e. The summed E-state index contributed by atoms with van der Waals surface area (Å²) in [6.07, 6.45) is 3.32. The molecular weight excluding hydrogens is 132 g/mol. The van der Waals surface area contributed by atoms with E-state index in [1.165, 1.54) is 12.5 Å². The van der Waals surface area contributed by atoms with Gasteiger partial charge in [-0.3, -0.25) is 10.1 Å². The van der Waals surface area contributed by atoms with Crippen molar-refractivity contribution in [3.05, 3.63) is 12.5 Å². The van der Waals surface area contributed by atoms with E-state index in [1.54, 1.807) is 6.92 Å². The summed E-state index contributed by atoms with van der Waals surface area (Å²) >= 11 is 0. The van der Waals surface area contributed by atoms with Crippen molar-refractivity contribution in [1.29, 1.82) is 0 Å². The van der Waals surface area contributed by atoms with Crippen LogP contribution in [-0.2, 0) is 4.79 Å². The molecule has 4 nitrogen and oxygen atoms in total. The van der Waals surface area contributed by atoms with Gasteiger partial charge in [0.2, 0.25) is 5.91 Å². The molecule has 0 fully saturated rings. The molecule has 4 heteroatoms. The Morgan fingerprint density at radius 3 is 3.20 bits per heavy atom. The summed E-state index contributed by atoms with van der Waals surface area (Å²) in [5.41, 5.74) is 0. The van der Waals surface area contributed by atoms with Crippen LogP contribution in [0, 0.1) is 0 Å². The van der Waals surface area contributed by atoms with Crippen LogP contribution in [0.3, 0.4) is 0 Å². The van der Waals surface area contributed by atoms with E-state index >= 15 is 0 Å². The first kappa shape index (κ1) is 6.80. The van der Waals surface area contributed by atoms with Crippen LogP contribution in [0.5, 0.6) is 0 Å². The van der Waals surface area contributed by atoms with Crippen molar-refractivity contribution < 1.29 is 9.21 Å². The van der Waals surface area contributed by atoms with E-state index < -0.39 is 0 Å². The number of nitrogens with zero attached hydrogens (tertiary/aromatic N) is 1. The molecule has 1 amide bonds. The van der Waals surface area contributed by atoms with E-state index in [-0.39, 0.29) is 11.9 Å². The molecule has 1 N–H and O–H groups in total. The predicted octanol–water partition coefficient (Wildman–Crippen LogP) is 1.02. The summed E-state index contributed by atoms with van der Waals surface area (Å²) in [5, 5.41) is 2.45. The highest BCUT2D eigenvalue weighted by atomic mass is 16.4. The second kappa shape index (κ2) is 3.00. The van der Waals surface area contributed by atoms with Crippen molar-refractivity contribution in [2.24, 2.45) is 0 Å². The Hall–Kier alpha value is -1.32. The van der Waals surface area contributed by atoms with E-state index in [4.69, 9.17) is 4.42 Å². The minimum Gasteiger partial charge on any atom is -0.432 e. The maximum absolute atomic E-state index is 10.7. The van der Waals surface area contributed by atoms with Crippen molar-refractivity contribution in [3.8, 4) is 0 Å². The van der Waals surface area contributed by atoms with Crippen LogP contribution in [0.25, 0.3) is 0 Å². The second-order valence-corrected chi connectivity index (χ2v) is 1.74. The minimum absolute atomic E-state index is 0.0950. The van der Waals surface area contributed by atoms with E-state index in [9.17, 15) is 4.79 Å². The number of oxazole rings is 1. The van der Waals surface area contributed by atoms with Gasteiger partial charge in [-0.2, -0.15) is 0 Å². The number of anilines is 1. The molecule has 1 aromatic heterocycles. The van der Waals surface area contributed by atoms with Gasteiger partial charge in [-0.1, -0.05) is 6.92 Å². The zero-order valence-electron chi connectivity index (χ0n) is 5.63. The lowest BCUT2D eigenvalue weighted by Gasteiger charge is -1.93. The fraction of sp³-hybridized carbons (Fsp3) is 0.333. The predicted molar refractivity (Wildman–Crippen MR) is 35.4 cm³/mol. The largest absolute Gasteiger partial charge is 0.432 e. The molecule has 54 valence electrons. The third-order valence-electron chi connectivity index (χ3n) is 1.000. The summed E-state index contributed by atoms with van der Waals surface area (Å²) < 4.78 is 4.76. The Bertz CT molecular complexity index is 206. The van der Waals surface area contributed by atoms with Gasteiger partial charge < -0.3 is 4.42 Å². The molecule has 0 saturated heterocycles. The molecule has 0 aliphatic heterocycles. The molecule has 0 atom stereocenters. The van der Waals surface area contributed by atoms with Gasteiger partial charge >= 0.3 is 6.01 Å². The van der Waals surface area contributed by atoms with Crippen molar-refractivity contribution >= 4 is 11.9 Å². The SMILES string of the molecule is CCC(=O)Nc1ncco1. The van der Waals surface area contributed by atoms with Crippen molar-refractivity contribution in [3.63, 3.8) is 0 Å². The molecule has 1 heterocycles. The lowest BCUT2D eigenvalue weighted by atomic mass is 10.5. The number of carbonyl (C=O) groups excluding carboxylic acids is 1. The highest BCUT2D eigenvalue weighted by molar-refractivity contribution is 5.88. The van der Waals surface area contributed by atoms with Gasteiger partial charge in [0.05, 0.1) is 6.20 Å². The quantitative estimate of drug-likeness (QED) is 0.667. The fourth-order valence-corrected chi connectivity index (χ4v) is 0.493. The van der Waals surface area contributed by atoms with Crippen LogP contribution in [0.15, 0.2) is 16.9 Å². The van der Waals surface area contributed by atoms with Crippen molar-refractivity contribution in [1.82, 2.24) is 4.98 Å². The first-order chi connectivity index (χ1) is 4.83. The first-order valence-electron chi connectivity index (χ1n) is 3.02. The molecule has 0 unspecified atom stereocenters. The van der Waals surface area contributed by atoms with E-state index in [1.807, 2.05) is 0 Å². The molecule has 1 aromatic rings. The first-order valence-corrected chi connectivity index (χ1v) is 3.02. The maximum Gasteiger partial charge on any atom is 0.301 e. The number of amides is 1. The molecule has 10 heavy (non-hydrogen) atoms. The zero-order valence-corrected chi connectivity index (χ0v) is 5.63. The highest BCUT2D eigenvalue weighted by Crippen LogP contribution is 2.00. The van der Waals surface area contributed by atoms with Crippen molar-refractivity contribution in [2.45, 2.75) is 13.3 Å². The lowest BCUT2D eigenvalue weighted by molar-refractivity contribution is -0.116. The van der Waals surface area contributed by atoms with Gasteiger partial charge in [0.1, 0.15) is 6.26 Å². The topological polar surface area (TPSA) is 55.1 Å². The molecule has 0 aliphatic rings. The molecule has 0 aromatic carbocycles. The van der Waals surface area contributed by atoms with E-state index in [2.05, 4.69) is 10.3 Å². The Morgan fingerprint density at radius 2 is 2.70 bits per heavy atom. The van der Waals surface area contributed by atoms with Crippen LogP contribution < -0.4 is 5.32 Å². The van der Waals surface area contributed by atoms with Gasteiger partial charge in [0, 0.05) is 6.42 Å². The highest BCUT2D eigenvalue weighted by Gasteiger charge is 2.00. The molecule has 0 spiro atoms. The normalized spacial score (nSPS) is 9.30. The Balaban J connectivity index is 2.48. The van der Waals surface area contributed by atoms with Crippen LogP contribution >= 0.6 is 0 Å². The molecule has 0 radical (unpaired) electrons. The average molecular weight is 140 g/mol. The number of nitrogens with one attached hydrogen (secondary N) is 1. The van der Waals surface area contributed by atoms with Crippen LogP contribution in [0.4, 0.5) is 6.01 Å². The molecule has 1 rings (SSSR count). The van der Waals surface area contributed by atoms with Gasteiger partial charge in [-0.15, -0.1) is 0 Å². The minimum atomic E-state index is -0.0950. The summed E-state index contributed by atoms with van der Waals surface area (Å²) in [4.78, 5) is 14.4. The van der Waals surface area contributed by atoms with Gasteiger partial charge in [0.25, 0.3) is 0 Å². The summed E-state index contributed by atoms with van der Waals surface area (Å²) in [5.74, 6) is -0.0950. The molecule has 0 saturated carbocycles. The molecular formula is C6H8N2O2.